The van der Waals surface area contributed by atoms with Crippen LogP contribution in [0.2, 0.25) is 0 Å². The molecule has 0 unspecified atom stereocenters. The Hall–Kier alpha value is -4.59. The SMILES string of the molecule is COc1ccc(NC(=O)c2ccc(NC(=O)c3nn(-c4ccccc4)cc3OC)cc2)cc1. The van der Waals surface area contributed by atoms with Crippen LogP contribution >= 0.6 is 0 Å². The van der Waals surface area contributed by atoms with E-state index >= 15 is 0 Å². The highest BCUT2D eigenvalue weighted by Crippen LogP contribution is 2.21. The number of rotatable bonds is 7. The Balaban J connectivity index is 1.44. The van der Waals surface area contributed by atoms with Crippen LogP contribution in [0.25, 0.3) is 5.69 Å². The zero-order valence-corrected chi connectivity index (χ0v) is 18.1. The van der Waals surface area contributed by atoms with Crippen LogP contribution in [0.4, 0.5) is 11.4 Å². The van der Waals surface area contributed by atoms with Gasteiger partial charge in [-0.3, -0.25) is 9.59 Å². The average molecular weight is 442 g/mol. The molecule has 33 heavy (non-hydrogen) atoms. The molecule has 0 bridgehead atoms. The first-order valence-corrected chi connectivity index (χ1v) is 10.1. The van der Waals surface area contributed by atoms with E-state index in [1.165, 1.54) is 7.11 Å². The third kappa shape index (κ3) is 5.01. The van der Waals surface area contributed by atoms with Crippen LogP contribution in [0.15, 0.2) is 85.1 Å². The molecule has 8 nitrogen and oxygen atoms in total. The second kappa shape index (κ2) is 9.69. The summed E-state index contributed by atoms with van der Waals surface area (Å²) in [5.74, 6) is 0.378. The van der Waals surface area contributed by atoms with Crippen LogP contribution in [0, 0.1) is 0 Å². The number of aromatic nitrogens is 2. The molecule has 0 saturated heterocycles. The molecule has 0 atom stereocenters. The van der Waals surface area contributed by atoms with Crippen LogP contribution in [0.3, 0.4) is 0 Å². The van der Waals surface area contributed by atoms with Gasteiger partial charge in [0.15, 0.2) is 11.4 Å². The molecule has 1 aromatic heterocycles. The monoisotopic (exact) mass is 442 g/mol. The molecule has 0 radical (unpaired) electrons. The third-order valence-electron chi connectivity index (χ3n) is 4.89. The van der Waals surface area contributed by atoms with Crippen molar-refractivity contribution in [3.05, 3.63) is 96.3 Å². The van der Waals surface area contributed by atoms with E-state index in [1.54, 1.807) is 66.5 Å². The molecule has 2 N–H and O–H groups in total. The second-order valence-electron chi connectivity index (χ2n) is 7.04. The van der Waals surface area contributed by atoms with Gasteiger partial charge >= 0.3 is 0 Å². The minimum absolute atomic E-state index is 0.155. The van der Waals surface area contributed by atoms with Gasteiger partial charge in [-0.25, -0.2) is 4.68 Å². The van der Waals surface area contributed by atoms with Crippen molar-refractivity contribution in [1.82, 2.24) is 9.78 Å². The minimum Gasteiger partial charge on any atom is -0.497 e. The molecule has 4 rings (SSSR count). The van der Waals surface area contributed by atoms with Gasteiger partial charge in [0.1, 0.15) is 5.75 Å². The van der Waals surface area contributed by atoms with Gasteiger partial charge in [-0.2, -0.15) is 5.10 Å². The number of hydrogen-bond acceptors (Lipinski definition) is 5. The Kier molecular flexibility index (Phi) is 6.36. The maximum Gasteiger partial charge on any atom is 0.280 e. The molecule has 0 saturated carbocycles. The number of carbonyl (C=O) groups is 2. The summed E-state index contributed by atoms with van der Waals surface area (Å²) in [4.78, 5) is 25.3. The van der Waals surface area contributed by atoms with E-state index in [0.29, 0.717) is 28.4 Å². The van der Waals surface area contributed by atoms with Gasteiger partial charge in [-0.1, -0.05) is 18.2 Å². The average Bonchev–Trinajstić information content (AvgIpc) is 3.30. The van der Waals surface area contributed by atoms with Gasteiger partial charge in [-0.15, -0.1) is 0 Å². The summed E-state index contributed by atoms with van der Waals surface area (Å²) in [7, 11) is 3.07. The summed E-state index contributed by atoms with van der Waals surface area (Å²) < 4.78 is 12.0. The van der Waals surface area contributed by atoms with Crippen LogP contribution in [-0.2, 0) is 0 Å². The predicted octanol–water partition coefficient (Wildman–Crippen LogP) is 4.39. The Morgan fingerprint density at radius 1 is 0.758 bits per heavy atom. The molecule has 8 heteroatoms. The Morgan fingerprint density at radius 3 is 1.97 bits per heavy atom. The lowest BCUT2D eigenvalue weighted by atomic mass is 10.2. The molecule has 4 aromatic rings. The minimum atomic E-state index is -0.419. The number of amides is 2. The maximum atomic E-state index is 12.8. The van der Waals surface area contributed by atoms with Crippen molar-refractivity contribution in [3.63, 3.8) is 0 Å². The number of ether oxygens (including phenoxy) is 2. The summed E-state index contributed by atoms with van der Waals surface area (Å²) >= 11 is 0. The van der Waals surface area contributed by atoms with E-state index in [0.717, 1.165) is 5.69 Å². The van der Waals surface area contributed by atoms with Crippen molar-refractivity contribution >= 4 is 23.2 Å². The first-order chi connectivity index (χ1) is 16.1. The number of carbonyl (C=O) groups excluding carboxylic acids is 2. The topological polar surface area (TPSA) is 94.5 Å². The summed E-state index contributed by atoms with van der Waals surface area (Å²) in [6, 6.07) is 23.0. The number of nitrogens with one attached hydrogen (secondary N) is 2. The van der Waals surface area contributed by atoms with Gasteiger partial charge in [0, 0.05) is 16.9 Å². The quantitative estimate of drug-likeness (QED) is 0.443. The number of anilines is 2. The lowest BCUT2D eigenvalue weighted by Crippen LogP contribution is -2.15. The van der Waals surface area contributed by atoms with Gasteiger partial charge in [0.25, 0.3) is 11.8 Å². The number of methoxy groups -OCH3 is 2. The number of para-hydroxylation sites is 1. The molecule has 1 heterocycles. The first-order valence-electron chi connectivity index (χ1n) is 10.1. The highest BCUT2D eigenvalue weighted by Gasteiger charge is 2.19. The fraction of sp³-hybridized carbons (Fsp3) is 0.0800. The molecular weight excluding hydrogens is 420 g/mol. The second-order valence-corrected chi connectivity index (χ2v) is 7.04. The van der Waals surface area contributed by atoms with Gasteiger partial charge in [0.2, 0.25) is 0 Å². The standard InChI is InChI=1S/C25H22N4O4/c1-32-21-14-12-19(13-15-21)26-24(30)17-8-10-18(11-9-17)27-25(31)23-22(33-2)16-29(28-23)20-6-4-3-5-7-20/h3-16H,1-2H3,(H,26,30)(H,27,31). The normalized spacial score (nSPS) is 10.4. The number of benzene rings is 3. The van der Waals surface area contributed by atoms with Crippen molar-refractivity contribution in [1.29, 1.82) is 0 Å². The molecule has 0 aliphatic heterocycles. The predicted molar refractivity (Wildman–Crippen MR) is 125 cm³/mol. The smallest absolute Gasteiger partial charge is 0.280 e. The maximum absolute atomic E-state index is 12.8. The summed E-state index contributed by atoms with van der Waals surface area (Å²) in [6.07, 6.45) is 1.65. The molecule has 0 fully saturated rings. The van der Waals surface area contributed by atoms with Crippen molar-refractivity contribution in [2.24, 2.45) is 0 Å². The Morgan fingerprint density at radius 2 is 1.36 bits per heavy atom. The van der Waals surface area contributed by atoms with Gasteiger partial charge in [-0.05, 0) is 60.7 Å². The molecule has 166 valence electrons. The highest BCUT2D eigenvalue weighted by molar-refractivity contribution is 6.06. The van der Waals surface area contributed by atoms with E-state index < -0.39 is 5.91 Å². The van der Waals surface area contributed by atoms with Crippen LogP contribution in [0.5, 0.6) is 11.5 Å². The molecule has 2 amide bonds. The van der Waals surface area contributed by atoms with E-state index in [2.05, 4.69) is 15.7 Å². The van der Waals surface area contributed by atoms with Crippen molar-refractivity contribution in [2.45, 2.75) is 0 Å². The third-order valence-corrected chi connectivity index (χ3v) is 4.89. The van der Waals surface area contributed by atoms with E-state index in [4.69, 9.17) is 9.47 Å². The van der Waals surface area contributed by atoms with Gasteiger partial charge in [0.05, 0.1) is 26.1 Å². The number of nitrogens with zero attached hydrogens (tertiary/aromatic N) is 2. The van der Waals surface area contributed by atoms with Crippen LogP contribution < -0.4 is 20.1 Å². The first kappa shape index (κ1) is 21.6. The molecule has 0 aliphatic carbocycles. The molecule has 3 aromatic carbocycles. The van der Waals surface area contributed by atoms with E-state index in [-0.39, 0.29) is 11.6 Å². The highest BCUT2D eigenvalue weighted by atomic mass is 16.5. The largest absolute Gasteiger partial charge is 0.497 e. The number of hydrogen-bond donors (Lipinski definition) is 2. The van der Waals surface area contributed by atoms with Crippen molar-refractivity contribution in [3.8, 4) is 17.2 Å². The molecular formula is C25H22N4O4. The van der Waals surface area contributed by atoms with E-state index in [1.807, 2.05) is 30.3 Å². The summed E-state index contributed by atoms with van der Waals surface area (Å²) in [5, 5.41) is 9.96. The fourth-order valence-corrected chi connectivity index (χ4v) is 3.15. The van der Waals surface area contributed by atoms with Crippen molar-refractivity contribution < 1.29 is 19.1 Å². The van der Waals surface area contributed by atoms with Gasteiger partial charge < -0.3 is 20.1 Å². The van der Waals surface area contributed by atoms with Crippen LogP contribution in [0.1, 0.15) is 20.8 Å². The molecule has 0 aliphatic rings. The zero-order valence-electron chi connectivity index (χ0n) is 18.1. The molecule has 0 spiro atoms. The zero-order chi connectivity index (χ0) is 23.2. The van der Waals surface area contributed by atoms with Crippen molar-refractivity contribution in [2.75, 3.05) is 24.9 Å². The Labute approximate surface area is 190 Å². The van der Waals surface area contributed by atoms with E-state index in [9.17, 15) is 9.59 Å². The lowest BCUT2D eigenvalue weighted by molar-refractivity contribution is 0.101. The van der Waals surface area contributed by atoms with Crippen LogP contribution in [-0.4, -0.2) is 35.8 Å². The fourth-order valence-electron chi connectivity index (χ4n) is 3.15. The Bertz CT molecular complexity index is 1250. The summed E-state index contributed by atoms with van der Waals surface area (Å²) in [5.41, 5.74) is 2.59. The lowest BCUT2D eigenvalue weighted by Gasteiger charge is -2.08. The summed E-state index contributed by atoms with van der Waals surface area (Å²) in [6.45, 7) is 0.